The number of hydrogen-bond donors (Lipinski definition) is 2. The Morgan fingerprint density at radius 2 is 1.91 bits per heavy atom. The average molecular weight is 493 g/mol. The largest absolute Gasteiger partial charge is 0.417 e. The van der Waals surface area contributed by atoms with Gasteiger partial charge in [0.25, 0.3) is 0 Å². The Kier molecular flexibility index (Phi) is 7.28. The maximum atomic E-state index is 13.0. The van der Waals surface area contributed by atoms with E-state index in [1.54, 1.807) is 12.1 Å². The number of nitrogens with zero attached hydrogens (tertiary/aromatic N) is 2. The van der Waals surface area contributed by atoms with Crippen molar-refractivity contribution in [1.82, 2.24) is 9.71 Å². The standard InChI is InChI=1S/C19H20ClF3N4O4S/c1-12(26-32(29,30)14-3-4-16(20)15(10-14)19(21,22)23)18(28)25-13-2-5-17(24-11-13)27-6-8-31-9-7-27/h2-5,10-12,26H,6-9H2,1H3,(H,25,28). The average Bonchev–Trinajstić information content (AvgIpc) is 2.74. The lowest BCUT2D eigenvalue weighted by Crippen LogP contribution is -2.41. The molecule has 8 nitrogen and oxygen atoms in total. The van der Waals surface area contributed by atoms with Crippen molar-refractivity contribution in [3.05, 3.63) is 47.1 Å². The number of sulfonamides is 1. The smallest absolute Gasteiger partial charge is 0.378 e. The van der Waals surface area contributed by atoms with Crippen molar-refractivity contribution in [2.75, 3.05) is 36.5 Å². The van der Waals surface area contributed by atoms with Gasteiger partial charge in [0.05, 0.1) is 46.6 Å². The minimum atomic E-state index is -4.83. The van der Waals surface area contributed by atoms with Gasteiger partial charge < -0.3 is 15.0 Å². The van der Waals surface area contributed by atoms with E-state index in [-0.39, 0.29) is 0 Å². The zero-order valence-corrected chi connectivity index (χ0v) is 18.4. The normalized spacial score (nSPS) is 16.0. The maximum Gasteiger partial charge on any atom is 0.417 e. The third-order valence-corrected chi connectivity index (χ3v) is 6.50. The Balaban J connectivity index is 1.66. The van der Waals surface area contributed by atoms with E-state index in [9.17, 15) is 26.4 Å². The van der Waals surface area contributed by atoms with Crippen LogP contribution in [-0.4, -0.2) is 51.7 Å². The number of rotatable bonds is 6. The Morgan fingerprint density at radius 1 is 1.22 bits per heavy atom. The summed E-state index contributed by atoms with van der Waals surface area (Å²) in [6.45, 7) is 3.84. The fourth-order valence-corrected chi connectivity index (χ4v) is 4.39. The van der Waals surface area contributed by atoms with E-state index in [4.69, 9.17) is 16.3 Å². The van der Waals surface area contributed by atoms with Crippen LogP contribution < -0.4 is 14.9 Å². The van der Waals surface area contributed by atoms with Crippen LogP contribution in [0.25, 0.3) is 0 Å². The number of aromatic nitrogens is 1. The van der Waals surface area contributed by atoms with Crippen molar-refractivity contribution >= 4 is 39.0 Å². The molecule has 0 aliphatic carbocycles. The molecule has 1 aliphatic heterocycles. The summed E-state index contributed by atoms with van der Waals surface area (Å²) in [6.07, 6.45) is -3.40. The summed E-state index contributed by atoms with van der Waals surface area (Å²) < 4.78 is 71.4. The van der Waals surface area contributed by atoms with E-state index >= 15 is 0 Å². The van der Waals surface area contributed by atoms with Crippen LogP contribution in [0.4, 0.5) is 24.7 Å². The third kappa shape index (κ3) is 5.88. The molecule has 174 valence electrons. The second-order valence-corrected chi connectivity index (χ2v) is 9.10. The molecule has 32 heavy (non-hydrogen) atoms. The molecule has 1 unspecified atom stereocenters. The molecule has 0 radical (unpaired) electrons. The molecule has 3 rings (SSSR count). The molecule has 2 N–H and O–H groups in total. The number of amides is 1. The number of anilines is 2. The molecule has 0 saturated carbocycles. The Hall–Kier alpha value is -2.41. The van der Waals surface area contributed by atoms with Crippen molar-refractivity contribution in [3.63, 3.8) is 0 Å². The minimum Gasteiger partial charge on any atom is -0.378 e. The second kappa shape index (κ2) is 9.61. The van der Waals surface area contributed by atoms with Crippen LogP contribution in [0.15, 0.2) is 41.4 Å². The van der Waals surface area contributed by atoms with Crippen molar-refractivity contribution in [1.29, 1.82) is 0 Å². The predicted octanol–water partition coefficient (Wildman–Crippen LogP) is 2.90. The van der Waals surface area contributed by atoms with Crippen LogP contribution in [0.1, 0.15) is 12.5 Å². The van der Waals surface area contributed by atoms with Gasteiger partial charge in [-0.15, -0.1) is 0 Å². The molecule has 1 saturated heterocycles. The zero-order chi connectivity index (χ0) is 23.5. The molecule has 1 aliphatic rings. The molecule has 1 aromatic heterocycles. The van der Waals surface area contributed by atoms with Crippen LogP contribution in [0.2, 0.25) is 5.02 Å². The number of morpholine rings is 1. The Labute approximate surface area is 187 Å². The van der Waals surface area contributed by atoms with Crippen LogP contribution >= 0.6 is 11.6 Å². The number of nitrogens with one attached hydrogen (secondary N) is 2. The highest BCUT2D eigenvalue weighted by atomic mass is 35.5. The van der Waals surface area contributed by atoms with E-state index in [0.29, 0.717) is 43.9 Å². The molecule has 1 aromatic carbocycles. The summed E-state index contributed by atoms with van der Waals surface area (Å²) in [7, 11) is -4.42. The maximum absolute atomic E-state index is 13.0. The minimum absolute atomic E-state index is 0.337. The third-order valence-electron chi connectivity index (χ3n) is 4.63. The lowest BCUT2D eigenvalue weighted by atomic mass is 10.2. The van der Waals surface area contributed by atoms with Gasteiger partial charge in [0.15, 0.2) is 0 Å². The van der Waals surface area contributed by atoms with Crippen LogP contribution in [-0.2, 0) is 25.7 Å². The first-order valence-corrected chi connectivity index (χ1v) is 11.3. The summed E-state index contributed by atoms with van der Waals surface area (Å²) in [5.74, 6) is 0.00256. The number of hydrogen-bond acceptors (Lipinski definition) is 6. The number of pyridine rings is 1. The van der Waals surface area contributed by atoms with Crippen molar-refractivity contribution in [2.45, 2.75) is 24.0 Å². The predicted molar refractivity (Wildman–Crippen MR) is 112 cm³/mol. The van der Waals surface area contributed by atoms with E-state index in [1.807, 2.05) is 4.90 Å². The zero-order valence-electron chi connectivity index (χ0n) is 16.8. The molecule has 2 heterocycles. The molecule has 0 bridgehead atoms. The summed E-state index contributed by atoms with van der Waals surface area (Å²) in [5.41, 5.74) is -0.950. The van der Waals surface area contributed by atoms with E-state index in [1.165, 1.54) is 13.1 Å². The quantitative estimate of drug-likeness (QED) is 0.643. The molecule has 0 spiro atoms. The summed E-state index contributed by atoms with van der Waals surface area (Å²) in [4.78, 5) is 18.0. The Morgan fingerprint density at radius 3 is 2.50 bits per heavy atom. The van der Waals surface area contributed by atoms with Gasteiger partial charge in [0, 0.05) is 13.1 Å². The van der Waals surface area contributed by atoms with Gasteiger partial charge in [0.2, 0.25) is 15.9 Å². The number of carbonyl (C=O) groups excluding carboxylic acids is 1. The molecule has 1 fully saturated rings. The van der Waals surface area contributed by atoms with Crippen LogP contribution in [0.3, 0.4) is 0 Å². The number of halogens is 4. The molecular formula is C19H20ClF3N4O4S. The molecule has 13 heteroatoms. The lowest BCUT2D eigenvalue weighted by Gasteiger charge is -2.27. The van der Waals surface area contributed by atoms with E-state index in [2.05, 4.69) is 15.0 Å². The summed E-state index contributed by atoms with van der Waals surface area (Å²) in [5, 5.41) is 1.89. The van der Waals surface area contributed by atoms with Crippen molar-refractivity contribution < 1.29 is 31.1 Å². The monoisotopic (exact) mass is 492 g/mol. The van der Waals surface area contributed by atoms with E-state index < -0.39 is 43.6 Å². The van der Waals surface area contributed by atoms with Crippen molar-refractivity contribution in [3.8, 4) is 0 Å². The van der Waals surface area contributed by atoms with Gasteiger partial charge >= 0.3 is 6.18 Å². The first kappa shape index (κ1) is 24.2. The highest BCUT2D eigenvalue weighted by Gasteiger charge is 2.35. The van der Waals surface area contributed by atoms with Crippen LogP contribution in [0.5, 0.6) is 0 Å². The number of ether oxygens (including phenoxy) is 1. The van der Waals surface area contributed by atoms with E-state index in [0.717, 1.165) is 12.1 Å². The van der Waals surface area contributed by atoms with Crippen LogP contribution in [0, 0.1) is 0 Å². The lowest BCUT2D eigenvalue weighted by molar-refractivity contribution is -0.137. The van der Waals surface area contributed by atoms with Gasteiger partial charge in [-0.2, -0.15) is 17.9 Å². The second-order valence-electron chi connectivity index (χ2n) is 6.98. The molecule has 1 amide bonds. The van der Waals surface area contributed by atoms with Gasteiger partial charge in [0.1, 0.15) is 5.82 Å². The topological polar surface area (TPSA) is 101 Å². The fraction of sp³-hybridized carbons (Fsp3) is 0.368. The van der Waals surface area contributed by atoms with Gasteiger partial charge in [-0.1, -0.05) is 11.6 Å². The van der Waals surface area contributed by atoms with Gasteiger partial charge in [-0.05, 0) is 37.3 Å². The first-order chi connectivity index (χ1) is 15.0. The molecule has 2 aromatic rings. The molecule has 1 atom stereocenters. The highest BCUT2D eigenvalue weighted by molar-refractivity contribution is 7.89. The summed E-state index contributed by atoms with van der Waals surface area (Å²) >= 11 is 5.52. The first-order valence-electron chi connectivity index (χ1n) is 9.46. The van der Waals surface area contributed by atoms with Gasteiger partial charge in [-0.25, -0.2) is 13.4 Å². The van der Waals surface area contributed by atoms with Gasteiger partial charge in [-0.3, -0.25) is 4.79 Å². The Bertz CT molecular complexity index is 1070. The number of alkyl halides is 3. The fourth-order valence-electron chi connectivity index (χ4n) is 2.93. The van der Waals surface area contributed by atoms with Crippen molar-refractivity contribution in [2.24, 2.45) is 0 Å². The SMILES string of the molecule is CC(NS(=O)(=O)c1ccc(Cl)c(C(F)(F)F)c1)C(=O)Nc1ccc(N2CCOCC2)nc1. The highest BCUT2D eigenvalue weighted by Crippen LogP contribution is 2.35. The molecular weight excluding hydrogens is 473 g/mol. The number of benzene rings is 1. The number of carbonyl (C=O) groups is 1. The summed E-state index contributed by atoms with van der Waals surface area (Å²) in [6, 6.07) is 4.24.